The van der Waals surface area contributed by atoms with Crippen molar-refractivity contribution >= 4 is 17.5 Å². The smallest absolute Gasteiger partial charge is 0.240 e. The summed E-state index contributed by atoms with van der Waals surface area (Å²) in [5.41, 5.74) is -0.00520. The van der Waals surface area contributed by atoms with Gasteiger partial charge in [0.05, 0.1) is 0 Å². The van der Waals surface area contributed by atoms with Crippen molar-refractivity contribution in [3.05, 3.63) is 0 Å². The number of hydrogen-bond donors (Lipinski definition) is 1. The van der Waals surface area contributed by atoms with Gasteiger partial charge in [-0.2, -0.15) is 0 Å². The van der Waals surface area contributed by atoms with Gasteiger partial charge in [-0.05, 0) is 11.8 Å². The third kappa shape index (κ3) is 2.64. The van der Waals surface area contributed by atoms with Crippen molar-refractivity contribution in [1.82, 2.24) is 4.90 Å². The summed E-state index contributed by atoms with van der Waals surface area (Å²) >= 11 is 5.93. The van der Waals surface area contributed by atoms with E-state index in [-0.39, 0.29) is 23.8 Å². The van der Waals surface area contributed by atoms with E-state index in [9.17, 15) is 9.90 Å². The second-order valence-electron chi connectivity index (χ2n) is 4.96. The highest BCUT2D eigenvalue weighted by Crippen LogP contribution is 2.35. The first-order valence-electron chi connectivity index (χ1n) is 5.46. The zero-order chi connectivity index (χ0) is 11.6. The zero-order valence-corrected chi connectivity index (χ0v) is 10.4. The predicted octanol–water partition coefficient (Wildman–Crippen LogP) is 1.48. The van der Waals surface area contributed by atoms with Gasteiger partial charge in [0.15, 0.2) is 0 Å². The largest absolute Gasteiger partial charge is 0.396 e. The van der Waals surface area contributed by atoms with E-state index < -0.39 is 5.38 Å². The summed E-state index contributed by atoms with van der Waals surface area (Å²) in [6.45, 7) is 7.52. The molecule has 88 valence electrons. The summed E-state index contributed by atoms with van der Waals surface area (Å²) in [5.74, 6) is 0.172. The van der Waals surface area contributed by atoms with Gasteiger partial charge in [0, 0.05) is 25.6 Å². The maximum absolute atomic E-state index is 11.8. The minimum atomic E-state index is -0.418. The van der Waals surface area contributed by atoms with Crippen LogP contribution in [0.3, 0.4) is 0 Å². The van der Waals surface area contributed by atoms with Crippen molar-refractivity contribution in [2.45, 2.75) is 32.6 Å². The van der Waals surface area contributed by atoms with E-state index in [1.54, 1.807) is 4.90 Å². The van der Waals surface area contributed by atoms with Crippen LogP contribution in [0.5, 0.6) is 0 Å². The SMILES string of the molecule is CCC(Cl)C(=O)N1CC(CO)C(C)(C)C1. The molecular weight excluding hydrogens is 214 g/mol. The van der Waals surface area contributed by atoms with E-state index >= 15 is 0 Å². The van der Waals surface area contributed by atoms with Crippen LogP contribution in [0.25, 0.3) is 0 Å². The highest BCUT2D eigenvalue weighted by Gasteiger charge is 2.41. The maximum Gasteiger partial charge on any atom is 0.240 e. The molecule has 0 aromatic rings. The molecular formula is C11H20ClNO2. The Morgan fingerprint density at radius 3 is 2.67 bits per heavy atom. The van der Waals surface area contributed by atoms with Gasteiger partial charge in [-0.15, -0.1) is 11.6 Å². The van der Waals surface area contributed by atoms with E-state index in [2.05, 4.69) is 13.8 Å². The molecule has 0 saturated carbocycles. The number of hydrogen-bond acceptors (Lipinski definition) is 2. The fourth-order valence-corrected chi connectivity index (χ4v) is 2.18. The molecule has 2 atom stereocenters. The third-order valence-electron chi connectivity index (χ3n) is 3.30. The van der Waals surface area contributed by atoms with Crippen molar-refractivity contribution in [3.63, 3.8) is 0 Å². The Kier molecular flexibility index (Phi) is 4.01. The number of aliphatic hydroxyl groups is 1. The molecule has 0 spiro atoms. The molecule has 1 heterocycles. The van der Waals surface area contributed by atoms with E-state index in [4.69, 9.17) is 11.6 Å². The molecule has 1 N–H and O–H groups in total. The molecule has 1 aliphatic rings. The number of aliphatic hydroxyl groups excluding tert-OH is 1. The summed E-state index contributed by atoms with van der Waals surface area (Å²) in [5, 5.41) is 8.81. The van der Waals surface area contributed by atoms with Gasteiger partial charge in [0.1, 0.15) is 5.38 Å². The van der Waals surface area contributed by atoms with Crippen molar-refractivity contribution in [2.75, 3.05) is 19.7 Å². The lowest BCUT2D eigenvalue weighted by Gasteiger charge is -2.23. The van der Waals surface area contributed by atoms with E-state index in [0.29, 0.717) is 19.5 Å². The number of amides is 1. The molecule has 1 amide bonds. The number of rotatable bonds is 3. The van der Waals surface area contributed by atoms with Crippen LogP contribution in [0, 0.1) is 11.3 Å². The standard InChI is InChI=1S/C11H20ClNO2/c1-4-9(12)10(15)13-5-8(6-14)11(2,3)7-13/h8-9,14H,4-7H2,1-3H3. The van der Waals surface area contributed by atoms with Crippen LogP contribution in [-0.4, -0.2) is 41.0 Å². The minimum absolute atomic E-state index is 0.00296. The van der Waals surface area contributed by atoms with Crippen LogP contribution in [0.15, 0.2) is 0 Å². The topological polar surface area (TPSA) is 40.5 Å². The average Bonchev–Trinajstić information content (AvgIpc) is 2.51. The molecule has 1 aliphatic heterocycles. The van der Waals surface area contributed by atoms with Crippen molar-refractivity contribution < 1.29 is 9.90 Å². The molecule has 3 nitrogen and oxygen atoms in total. The van der Waals surface area contributed by atoms with Gasteiger partial charge in [0.25, 0.3) is 0 Å². The van der Waals surface area contributed by atoms with Crippen molar-refractivity contribution in [2.24, 2.45) is 11.3 Å². The Balaban J connectivity index is 2.65. The third-order valence-corrected chi connectivity index (χ3v) is 3.80. The average molecular weight is 234 g/mol. The second kappa shape index (κ2) is 4.71. The zero-order valence-electron chi connectivity index (χ0n) is 9.66. The van der Waals surface area contributed by atoms with Gasteiger partial charge in [-0.1, -0.05) is 20.8 Å². The van der Waals surface area contributed by atoms with Gasteiger partial charge in [-0.25, -0.2) is 0 Å². The molecule has 0 radical (unpaired) electrons. The molecule has 1 saturated heterocycles. The van der Waals surface area contributed by atoms with Gasteiger partial charge < -0.3 is 10.0 Å². The van der Waals surface area contributed by atoms with Crippen LogP contribution in [0.4, 0.5) is 0 Å². The number of nitrogens with zero attached hydrogens (tertiary/aromatic N) is 1. The first-order chi connectivity index (χ1) is 6.92. The number of halogens is 1. The number of alkyl halides is 1. The first kappa shape index (κ1) is 12.8. The molecule has 1 rings (SSSR count). The fraction of sp³-hybridized carbons (Fsp3) is 0.909. The summed E-state index contributed by atoms with van der Waals surface area (Å²) < 4.78 is 0. The van der Waals surface area contributed by atoms with Crippen molar-refractivity contribution in [1.29, 1.82) is 0 Å². The van der Waals surface area contributed by atoms with Crippen LogP contribution in [-0.2, 0) is 4.79 Å². The highest BCUT2D eigenvalue weighted by molar-refractivity contribution is 6.30. The van der Waals surface area contributed by atoms with Crippen LogP contribution in [0.2, 0.25) is 0 Å². The maximum atomic E-state index is 11.8. The Morgan fingerprint density at radius 1 is 1.67 bits per heavy atom. The Labute approximate surface area is 96.4 Å². The summed E-state index contributed by atoms with van der Waals surface area (Å²) in [4.78, 5) is 13.6. The summed E-state index contributed by atoms with van der Waals surface area (Å²) in [6.07, 6.45) is 0.654. The molecule has 15 heavy (non-hydrogen) atoms. The van der Waals surface area contributed by atoms with E-state index in [1.807, 2.05) is 6.92 Å². The Hall–Kier alpha value is -0.280. The lowest BCUT2D eigenvalue weighted by Crippen LogP contribution is -2.35. The molecule has 0 aliphatic carbocycles. The second-order valence-corrected chi connectivity index (χ2v) is 5.49. The number of likely N-dealkylation sites (tertiary alicyclic amines) is 1. The molecule has 0 aromatic carbocycles. The highest BCUT2D eigenvalue weighted by atomic mass is 35.5. The van der Waals surface area contributed by atoms with Crippen LogP contribution < -0.4 is 0 Å². The van der Waals surface area contributed by atoms with E-state index in [0.717, 1.165) is 0 Å². The normalized spacial score (nSPS) is 26.7. The molecule has 0 aromatic heterocycles. The van der Waals surface area contributed by atoms with E-state index in [1.165, 1.54) is 0 Å². The Morgan fingerprint density at radius 2 is 2.27 bits per heavy atom. The van der Waals surface area contributed by atoms with Gasteiger partial charge >= 0.3 is 0 Å². The quantitative estimate of drug-likeness (QED) is 0.751. The molecule has 1 fully saturated rings. The minimum Gasteiger partial charge on any atom is -0.396 e. The molecule has 4 heteroatoms. The molecule has 0 bridgehead atoms. The Bertz CT molecular complexity index is 243. The fourth-order valence-electron chi connectivity index (χ4n) is 2.04. The first-order valence-corrected chi connectivity index (χ1v) is 5.89. The van der Waals surface area contributed by atoms with Crippen LogP contribution >= 0.6 is 11.6 Å². The van der Waals surface area contributed by atoms with Crippen LogP contribution in [0.1, 0.15) is 27.2 Å². The molecule has 2 unspecified atom stereocenters. The monoisotopic (exact) mass is 233 g/mol. The predicted molar refractivity (Wildman–Crippen MR) is 60.9 cm³/mol. The number of carbonyl (C=O) groups is 1. The van der Waals surface area contributed by atoms with Gasteiger partial charge in [0.2, 0.25) is 5.91 Å². The van der Waals surface area contributed by atoms with Crippen molar-refractivity contribution in [3.8, 4) is 0 Å². The van der Waals surface area contributed by atoms with Gasteiger partial charge in [-0.3, -0.25) is 4.79 Å². The lowest BCUT2D eigenvalue weighted by atomic mass is 9.83. The summed E-state index contributed by atoms with van der Waals surface area (Å²) in [7, 11) is 0. The number of carbonyl (C=O) groups excluding carboxylic acids is 1. The summed E-state index contributed by atoms with van der Waals surface area (Å²) in [6, 6.07) is 0. The lowest BCUT2D eigenvalue weighted by molar-refractivity contribution is -0.130.